The Bertz CT molecular complexity index is 961. The molecule has 134 valence electrons. The fourth-order valence-corrected chi connectivity index (χ4v) is 3.96. The average Bonchev–Trinajstić information content (AvgIpc) is 2.87. The number of carboxylic acid groups (broad SMARTS) is 1. The molecule has 0 saturated carbocycles. The quantitative estimate of drug-likeness (QED) is 0.598. The number of benzene rings is 1. The Kier molecular flexibility index (Phi) is 5.45. The Morgan fingerprint density at radius 3 is 2.88 bits per heavy atom. The first-order valence-corrected chi connectivity index (χ1v) is 9.11. The van der Waals surface area contributed by atoms with Crippen molar-refractivity contribution in [2.45, 2.75) is 6.42 Å². The number of aliphatic carboxylic acids is 1. The van der Waals surface area contributed by atoms with Gasteiger partial charge in [0.1, 0.15) is 15.6 Å². The summed E-state index contributed by atoms with van der Waals surface area (Å²) in [6.45, 7) is 0.0475. The van der Waals surface area contributed by atoms with E-state index in [0.29, 0.717) is 31.2 Å². The van der Waals surface area contributed by atoms with Gasteiger partial charge in [0.15, 0.2) is 0 Å². The van der Waals surface area contributed by atoms with E-state index in [2.05, 4.69) is 4.98 Å². The number of fused-ring (bicyclic) bond motifs is 1. The van der Waals surface area contributed by atoms with E-state index in [1.807, 2.05) is 6.07 Å². The molecule has 0 spiro atoms. The van der Waals surface area contributed by atoms with Gasteiger partial charge in [0.2, 0.25) is 0 Å². The number of halogens is 1. The first kappa shape index (κ1) is 18.6. The Hall–Kier alpha value is -2.16. The average molecular weight is 409 g/mol. The molecule has 1 aromatic carbocycles. The van der Waals surface area contributed by atoms with Crippen LogP contribution in [0.1, 0.15) is 12.1 Å². The number of methoxy groups -OCH3 is 1. The molecule has 2 aromatic rings. The number of carboxylic acids is 1. The number of ether oxygens (including phenoxy) is 1. The summed E-state index contributed by atoms with van der Waals surface area (Å²) in [5, 5.41) is 10.1. The van der Waals surface area contributed by atoms with E-state index < -0.39 is 5.97 Å². The molecule has 26 heavy (non-hydrogen) atoms. The minimum atomic E-state index is -0.983. The number of thiocarbonyl (C=S) groups is 1. The first-order valence-electron chi connectivity index (χ1n) is 7.51. The van der Waals surface area contributed by atoms with Crippen molar-refractivity contribution >= 4 is 68.8 Å². The highest BCUT2D eigenvalue weighted by molar-refractivity contribution is 8.26. The third-order valence-corrected chi connectivity index (χ3v) is 5.42. The number of hydrogen-bond donors (Lipinski definition) is 1. The highest BCUT2D eigenvalue weighted by Gasteiger charge is 2.32. The Labute approximate surface area is 163 Å². The van der Waals surface area contributed by atoms with Crippen molar-refractivity contribution in [1.29, 1.82) is 0 Å². The molecule has 2 heterocycles. The molecule has 0 unspecified atom stereocenters. The monoisotopic (exact) mass is 408 g/mol. The standard InChI is InChI=1S/C17H13ClN2O4S2/c1-24-12-5-4-11(18)10-3-2-9(19-15(10)12)8-13-16(23)20(17(25)26-13)7-6-14(21)22/h2-5,8H,6-7H2,1H3,(H,21,22)/b13-8-. The van der Waals surface area contributed by atoms with E-state index >= 15 is 0 Å². The number of aromatic nitrogens is 1. The Balaban J connectivity index is 1.94. The zero-order valence-electron chi connectivity index (χ0n) is 13.6. The zero-order chi connectivity index (χ0) is 18.8. The van der Waals surface area contributed by atoms with Crippen LogP contribution < -0.4 is 4.74 Å². The van der Waals surface area contributed by atoms with Gasteiger partial charge < -0.3 is 9.84 Å². The summed E-state index contributed by atoms with van der Waals surface area (Å²) in [5.41, 5.74) is 1.15. The number of rotatable bonds is 5. The van der Waals surface area contributed by atoms with Gasteiger partial charge in [0.25, 0.3) is 5.91 Å². The summed E-state index contributed by atoms with van der Waals surface area (Å²) in [7, 11) is 1.55. The fourth-order valence-electron chi connectivity index (χ4n) is 2.45. The van der Waals surface area contributed by atoms with Crippen molar-refractivity contribution in [3.63, 3.8) is 0 Å². The van der Waals surface area contributed by atoms with E-state index in [1.54, 1.807) is 31.4 Å². The maximum absolute atomic E-state index is 12.5. The van der Waals surface area contributed by atoms with Crippen molar-refractivity contribution in [2.24, 2.45) is 0 Å². The molecule has 1 aromatic heterocycles. The maximum atomic E-state index is 12.5. The molecule has 1 saturated heterocycles. The fraction of sp³-hybridized carbons (Fsp3) is 0.176. The molecule has 0 aliphatic carbocycles. The molecule has 9 heteroatoms. The molecule has 1 aliphatic rings. The molecule has 0 atom stereocenters. The number of amides is 1. The lowest BCUT2D eigenvalue weighted by Crippen LogP contribution is -2.30. The van der Waals surface area contributed by atoms with Crippen molar-refractivity contribution in [1.82, 2.24) is 9.88 Å². The lowest BCUT2D eigenvalue weighted by Gasteiger charge is -2.12. The van der Waals surface area contributed by atoms with Crippen molar-refractivity contribution in [2.75, 3.05) is 13.7 Å². The summed E-state index contributed by atoms with van der Waals surface area (Å²) >= 11 is 12.5. The summed E-state index contributed by atoms with van der Waals surface area (Å²) in [4.78, 5) is 29.4. The van der Waals surface area contributed by atoms with E-state index in [0.717, 1.165) is 17.1 Å². The highest BCUT2D eigenvalue weighted by Crippen LogP contribution is 2.34. The van der Waals surface area contributed by atoms with Gasteiger partial charge >= 0.3 is 5.97 Å². The lowest BCUT2D eigenvalue weighted by atomic mass is 10.2. The molecular formula is C17H13ClN2O4S2. The van der Waals surface area contributed by atoms with Crippen LogP contribution in [-0.4, -0.2) is 44.8 Å². The van der Waals surface area contributed by atoms with E-state index in [-0.39, 0.29) is 18.9 Å². The van der Waals surface area contributed by atoms with Gasteiger partial charge in [-0.3, -0.25) is 14.5 Å². The van der Waals surface area contributed by atoms with E-state index in [9.17, 15) is 9.59 Å². The predicted molar refractivity (Wildman–Crippen MR) is 105 cm³/mol. The summed E-state index contributed by atoms with van der Waals surface area (Å²) in [5.74, 6) is -0.724. The Morgan fingerprint density at radius 2 is 2.19 bits per heavy atom. The van der Waals surface area contributed by atoms with Crippen LogP contribution in [0.15, 0.2) is 29.2 Å². The van der Waals surface area contributed by atoms with Crippen molar-refractivity contribution in [3.8, 4) is 5.75 Å². The Morgan fingerprint density at radius 1 is 1.42 bits per heavy atom. The molecule has 3 rings (SSSR count). The van der Waals surface area contributed by atoms with Gasteiger partial charge in [-0.25, -0.2) is 4.98 Å². The predicted octanol–water partition coefficient (Wildman–Crippen LogP) is 3.57. The third kappa shape index (κ3) is 3.67. The van der Waals surface area contributed by atoms with Crippen LogP contribution in [0.4, 0.5) is 0 Å². The van der Waals surface area contributed by atoms with E-state index in [1.165, 1.54) is 4.90 Å². The second kappa shape index (κ2) is 7.61. The minimum Gasteiger partial charge on any atom is -0.494 e. The first-order chi connectivity index (χ1) is 12.4. The molecule has 1 fully saturated rings. The molecule has 6 nitrogen and oxygen atoms in total. The van der Waals surface area contributed by atoms with Gasteiger partial charge in [-0.1, -0.05) is 35.6 Å². The molecular weight excluding hydrogens is 396 g/mol. The van der Waals surface area contributed by atoms with E-state index in [4.69, 9.17) is 33.7 Å². The van der Waals surface area contributed by atoms with Crippen molar-refractivity contribution in [3.05, 3.63) is 39.9 Å². The number of pyridine rings is 1. The minimum absolute atomic E-state index is 0.0475. The summed E-state index contributed by atoms with van der Waals surface area (Å²) < 4.78 is 5.66. The van der Waals surface area contributed by atoms with Gasteiger partial charge in [-0.15, -0.1) is 0 Å². The maximum Gasteiger partial charge on any atom is 0.305 e. The van der Waals surface area contributed by atoms with Crippen LogP contribution in [0.25, 0.3) is 17.0 Å². The van der Waals surface area contributed by atoms with Crippen LogP contribution in [0.5, 0.6) is 5.75 Å². The number of thioether (sulfide) groups is 1. The SMILES string of the molecule is COc1ccc(Cl)c2ccc(/C=C3\SC(=S)N(CCC(=O)O)C3=O)nc12. The van der Waals surface area contributed by atoms with Crippen LogP contribution >= 0.6 is 35.6 Å². The molecule has 1 aliphatic heterocycles. The van der Waals surface area contributed by atoms with Crippen LogP contribution in [0.2, 0.25) is 5.02 Å². The van der Waals surface area contributed by atoms with Gasteiger partial charge in [-0.2, -0.15) is 0 Å². The summed E-state index contributed by atoms with van der Waals surface area (Å²) in [6.07, 6.45) is 1.46. The number of hydrogen-bond acceptors (Lipinski definition) is 6. The van der Waals surface area contributed by atoms with Crippen LogP contribution in [0, 0.1) is 0 Å². The second-order valence-corrected chi connectivity index (χ2v) is 7.44. The molecule has 0 bridgehead atoms. The van der Waals surface area contributed by atoms with Gasteiger partial charge in [0, 0.05) is 11.9 Å². The smallest absolute Gasteiger partial charge is 0.305 e. The lowest BCUT2D eigenvalue weighted by molar-refractivity contribution is -0.137. The zero-order valence-corrected chi connectivity index (χ0v) is 16.0. The third-order valence-electron chi connectivity index (χ3n) is 3.71. The summed E-state index contributed by atoms with van der Waals surface area (Å²) in [6, 6.07) is 7.02. The molecule has 0 radical (unpaired) electrons. The highest BCUT2D eigenvalue weighted by atomic mass is 35.5. The normalized spacial score (nSPS) is 15.9. The van der Waals surface area contributed by atoms with Crippen molar-refractivity contribution < 1.29 is 19.4 Å². The van der Waals surface area contributed by atoms with Gasteiger partial charge in [0.05, 0.1) is 29.2 Å². The number of nitrogens with zero attached hydrogens (tertiary/aromatic N) is 2. The van der Waals surface area contributed by atoms with Crippen LogP contribution in [0.3, 0.4) is 0 Å². The second-order valence-electron chi connectivity index (χ2n) is 5.36. The van der Waals surface area contributed by atoms with Gasteiger partial charge in [-0.05, 0) is 30.3 Å². The largest absolute Gasteiger partial charge is 0.494 e. The topological polar surface area (TPSA) is 79.7 Å². The van der Waals surface area contributed by atoms with Crippen LogP contribution in [-0.2, 0) is 9.59 Å². The number of carbonyl (C=O) groups is 2. The molecule has 1 N–H and O–H groups in total. The molecule has 1 amide bonds. The number of carbonyl (C=O) groups excluding carboxylic acids is 1.